The summed E-state index contributed by atoms with van der Waals surface area (Å²) in [6.45, 7) is -0.350. The third-order valence-electron chi connectivity index (χ3n) is 4.14. The number of carbonyl (C=O) groups is 2. The second-order valence-corrected chi connectivity index (χ2v) is 8.35. The number of amides is 2. The van der Waals surface area contributed by atoms with Crippen LogP contribution in [0.25, 0.3) is 6.08 Å². The summed E-state index contributed by atoms with van der Waals surface area (Å²) in [7, 11) is -3.72. The number of sulfonamides is 1. The Balaban J connectivity index is 1.43. The first-order chi connectivity index (χ1) is 15.8. The number of nitrogens with one attached hydrogen (secondary N) is 3. The molecule has 1 aromatic heterocycles. The van der Waals surface area contributed by atoms with Crippen molar-refractivity contribution in [3.05, 3.63) is 90.1 Å². The molecule has 3 aromatic rings. The molecule has 9 nitrogen and oxygen atoms in total. The molecule has 11 heteroatoms. The van der Waals surface area contributed by atoms with Gasteiger partial charge in [-0.25, -0.2) is 17.5 Å². The Labute approximate surface area is 189 Å². The molecule has 0 saturated carbocycles. The molecule has 0 aliphatic heterocycles. The molecule has 33 heavy (non-hydrogen) atoms. The molecule has 172 valence electrons. The van der Waals surface area contributed by atoms with E-state index in [1.165, 1.54) is 66.9 Å². The van der Waals surface area contributed by atoms with E-state index in [1.807, 2.05) is 0 Å². The van der Waals surface area contributed by atoms with E-state index in [9.17, 15) is 22.4 Å². The van der Waals surface area contributed by atoms with Crippen molar-refractivity contribution in [2.75, 3.05) is 6.61 Å². The molecule has 0 radical (unpaired) electrons. The zero-order chi connectivity index (χ0) is 23.7. The third kappa shape index (κ3) is 7.59. The van der Waals surface area contributed by atoms with E-state index in [-0.39, 0.29) is 18.0 Å². The molecule has 0 atom stereocenters. The van der Waals surface area contributed by atoms with Crippen molar-refractivity contribution in [1.29, 1.82) is 0 Å². The minimum atomic E-state index is -3.72. The molecule has 2 aromatic carbocycles. The molecule has 0 bridgehead atoms. The molecule has 3 N–H and O–H groups in total. The van der Waals surface area contributed by atoms with Gasteiger partial charge in [-0.1, -0.05) is 12.1 Å². The summed E-state index contributed by atoms with van der Waals surface area (Å²) < 4.78 is 50.1. The Kier molecular flexibility index (Phi) is 7.95. The molecule has 0 aliphatic rings. The molecule has 0 spiro atoms. The Morgan fingerprint density at radius 2 is 1.73 bits per heavy atom. The molecule has 0 saturated heterocycles. The van der Waals surface area contributed by atoms with Crippen LogP contribution in [0.1, 0.15) is 11.3 Å². The van der Waals surface area contributed by atoms with Crippen LogP contribution < -0.4 is 20.3 Å². The molecule has 3 rings (SSSR count). The van der Waals surface area contributed by atoms with Gasteiger partial charge in [-0.05, 0) is 60.2 Å². The maximum absolute atomic E-state index is 12.8. The fourth-order valence-electron chi connectivity index (χ4n) is 2.48. The number of furan rings is 1. The lowest BCUT2D eigenvalue weighted by Gasteiger charge is -2.07. The largest absolute Gasteiger partial charge is 0.484 e. The summed E-state index contributed by atoms with van der Waals surface area (Å²) in [6.07, 6.45) is 4.07. The van der Waals surface area contributed by atoms with Gasteiger partial charge in [0.2, 0.25) is 10.0 Å². The van der Waals surface area contributed by atoms with Crippen LogP contribution in [-0.4, -0.2) is 26.8 Å². The third-order valence-corrected chi connectivity index (χ3v) is 5.56. The first-order valence-corrected chi connectivity index (χ1v) is 11.1. The molecule has 2 amide bonds. The first kappa shape index (κ1) is 23.7. The van der Waals surface area contributed by atoms with Gasteiger partial charge in [0.25, 0.3) is 11.8 Å². The smallest absolute Gasteiger partial charge is 0.276 e. The van der Waals surface area contributed by atoms with Crippen LogP contribution in [-0.2, 0) is 26.2 Å². The van der Waals surface area contributed by atoms with Crippen molar-refractivity contribution in [3.63, 3.8) is 0 Å². The number of benzene rings is 2. The zero-order valence-electron chi connectivity index (χ0n) is 17.2. The number of hydrogen-bond donors (Lipinski definition) is 3. The van der Waals surface area contributed by atoms with Crippen molar-refractivity contribution >= 4 is 27.9 Å². The van der Waals surface area contributed by atoms with Crippen molar-refractivity contribution in [2.24, 2.45) is 0 Å². The number of carbonyl (C=O) groups excluding carboxylic acids is 2. The zero-order valence-corrected chi connectivity index (χ0v) is 18.0. The number of rotatable bonds is 9. The number of hydrogen-bond acceptors (Lipinski definition) is 6. The summed E-state index contributed by atoms with van der Waals surface area (Å²) in [6, 6.07) is 14.3. The van der Waals surface area contributed by atoms with Crippen molar-refractivity contribution in [1.82, 2.24) is 15.6 Å². The quantitative estimate of drug-likeness (QED) is 0.323. The Hall–Kier alpha value is -3.96. The average molecular weight is 473 g/mol. The molecular formula is C22H20FN3O6S. The minimum absolute atomic E-state index is 0.0256. The maximum Gasteiger partial charge on any atom is 0.276 e. The molecule has 1 heterocycles. The van der Waals surface area contributed by atoms with Crippen molar-refractivity contribution in [3.8, 4) is 5.75 Å². The fraction of sp³-hybridized carbons (Fsp3) is 0.0909. The van der Waals surface area contributed by atoms with Crippen LogP contribution in [0.15, 0.2) is 82.3 Å². The average Bonchev–Trinajstić information content (AvgIpc) is 3.34. The molecular weight excluding hydrogens is 453 g/mol. The summed E-state index contributed by atoms with van der Waals surface area (Å²) in [5.41, 5.74) is 4.93. The summed E-state index contributed by atoms with van der Waals surface area (Å²) >= 11 is 0. The minimum Gasteiger partial charge on any atom is -0.484 e. The highest BCUT2D eigenvalue weighted by Crippen LogP contribution is 2.13. The monoisotopic (exact) mass is 473 g/mol. The summed E-state index contributed by atoms with van der Waals surface area (Å²) in [5.74, 6) is -0.860. The van der Waals surface area contributed by atoms with Gasteiger partial charge in [0, 0.05) is 6.08 Å². The predicted octanol–water partition coefficient (Wildman–Crippen LogP) is 2.14. The van der Waals surface area contributed by atoms with E-state index in [0.717, 1.165) is 0 Å². The second-order valence-electron chi connectivity index (χ2n) is 6.59. The van der Waals surface area contributed by atoms with Crippen LogP contribution in [0.5, 0.6) is 5.75 Å². The predicted molar refractivity (Wildman–Crippen MR) is 116 cm³/mol. The highest BCUT2D eigenvalue weighted by molar-refractivity contribution is 7.89. The van der Waals surface area contributed by atoms with Gasteiger partial charge in [0.15, 0.2) is 6.61 Å². The number of ether oxygens (including phenoxy) is 1. The SMILES string of the molecule is O=C(/C=C/c1ccc(S(=O)(=O)NCc2ccco2)cc1)NNC(=O)COc1ccc(F)cc1. The highest BCUT2D eigenvalue weighted by Gasteiger charge is 2.14. The molecule has 0 fully saturated rings. The lowest BCUT2D eigenvalue weighted by Crippen LogP contribution is -2.43. The Morgan fingerprint density at radius 1 is 1.00 bits per heavy atom. The van der Waals surface area contributed by atoms with Crippen LogP contribution in [0, 0.1) is 5.82 Å². The second kappa shape index (κ2) is 11.1. The molecule has 0 unspecified atom stereocenters. The maximum atomic E-state index is 12.8. The molecule has 0 aliphatic carbocycles. The van der Waals surface area contributed by atoms with Gasteiger partial charge in [0.1, 0.15) is 17.3 Å². The van der Waals surface area contributed by atoms with Gasteiger partial charge in [-0.2, -0.15) is 0 Å². The first-order valence-electron chi connectivity index (χ1n) is 9.59. The topological polar surface area (TPSA) is 127 Å². The van der Waals surface area contributed by atoms with E-state index in [0.29, 0.717) is 17.1 Å². The van der Waals surface area contributed by atoms with Crippen LogP contribution in [0.2, 0.25) is 0 Å². The van der Waals surface area contributed by atoms with Gasteiger partial charge < -0.3 is 9.15 Å². The van der Waals surface area contributed by atoms with Crippen LogP contribution in [0.3, 0.4) is 0 Å². The van der Waals surface area contributed by atoms with Gasteiger partial charge in [-0.15, -0.1) is 0 Å². The van der Waals surface area contributed by atoms with E-state index in [4.69, 9.17) is 9.15 Å². The van der Waals surface area contributed by atoms with E-state index in [2.05, 4.69) is 15.6 Å². The summed E-state index contributed by atoms with van der Waals surface area (Å²) in [5, 5.41) is 0. The Morgan fingerprint density at radius 3 is 2.39 bits per heavy atom. The van der Waals surface area contributed by atoms with Crippen molar-refractivity contribution in [2.45, 2.75) is 11.4 Å². The lowest BCUT2D eigenvalue weighted by atomic mass is 10.2. The number of hydrazine groups is 1. The number of halogens is 1. The highest BCUT2D eigenvalue weighted by atomic mass is 32.2. The van der Waals surface area contributed by atoms with Crippen molar-refractivity contribution < 1.29 is 31.6 Å². The van der Waals surface area contributed by atoms with Crippen LogP contribution >= 0.6 is 0 Å². The van der Waals surface area contributed by atoms with Gasteiger partial charge in [0.05, 0.1) is 17.7 Å². The van der Waals surface area contributed by atoms with E-state index >= 15 is 0 Å². The van der Waals surface area contributed by atoms with Gasteiger partial charge in [-0.3, -0.25) is 20.4 Å². The van der Waals surface area contributed by atoms with Crippen LogP contribution in [0.4, 0.5) is 4.39 Å². The summed E-state index contributed by atoms with van der Waals surface area (Å²) in [4.78, 5) is 23.6. The van der Waals surface area contributed by atoms with E-state index in [1.54, 1.807) is 12.1 Å². The van der Waals surface area contributed by atoms with Gasteiger partial charge >= 0.3 is 0 Å². The Bertz CT molecular complexity index is 1210. The normalized spacial score (nSPS) is 11.3. The fourth-order valence-corrected chi connectivity index (χ4v) is 3.47. The standard InChI is InChI=1S/C22H20FN3O6S/c23-17-6-8-18(9-7-17)32-15-22(28)26-25-21(27)12-5-16-3-10-20(11-4-16)33(29,30)24-14-19-2-1-13-31-19/h1-13,24H,14-15H2,(H,25,27)(H,26,28)/b12-5+. The lowest BCUT2D eigenvalue weighted by molar-refractivity contribution is -0.128. The van der Waals surface area contributed by atoms with E-state index < -0.39 is 27.7 Å².